The van der Waals surface area contributed by atoms with Crippen molar-refractivity contribution < 1.29 is 9.90 Å². The summed E-state index contributed by atoms with van der Waals surface area (Å²) in [7, 11) is 0. The molecule has 1 aromatic heterocycles. The third-order valence-electron chi connectivity index (χ3n) is 3.62. The first kappa shape index (κ1) is 14.3. The predicted octanol–water partition coefficient (Wildman–Crippen LogP) is 3.27. The molecule has 2 rings (SSSR count). The molecule has 2 atom stereocenters. The van der Waals surface area contributed by atoms with Gasteiger partial charge in [0.05, 0.1) is 11.6 Å². The minimum Gasteiger partial charge on any atom is -0.481 e. The molecular formula is C16H20N2O2. The molecule has 1 N–H and O–H groups in total. The molecule has 0 radical (unpaired) electrons. The first-order valence-electron chi connectivity index (χ1n) is 6.93. The van der Waals surface area contributed by atoms with Crippen molar-refractivity contribution in [2.75, 3.05) is 0 Å². The van der Waals surface area contributed by atoms with Crippen molar-refractivity contribution in [2.45, 2.75) is 38.6 Å². The average molecular weight is 272 g/mol. The van der Waals surface area contributed by atoms with Crippen LogP contribution in [-0.2, 0) is 11.2 Å². The van der Waals surface area contributed by atoms with Crippen LogP contribution in [0.5, 0.6) is 0 Å². The number of hydrogen-bond acceptors (Lipinski definition) is 2. The monoisotopic (exact) mass is 272 g/mol. The van der Waals surface area contributed by atoms with Crippen LogP contribution in [0.2, 0.25) is 0 Å². The van der Waals surface area contributed by atoms with Crippen LogP contribution in [0.15, 0.2) is 42.6 Å². The second kappa shape index (κ2) is 6.37. The van der Waals surface area contributed by atoms with Crippen molar-refractivity contribution in [2.24, 2.45) is 0 Å². The van der Waals surface area contributed by atoms with Crippen LogP contribution in [0.3, 0.4) is 0 Å². The summed E-state index contributed by atoms with van der Waals surface area (Å²) in [6.07, 6.45) is 3.35. The highest BCUT2D eigenvalue weighted by molar-refractivity contribution is 5.76. The van der Waals surface area contributed by atoms with Crippen molar-refractivity contribution in [3.63, 3.8) is 0 Å². The van der Waals surface area contributed by atoms with E-state index in [4.69, 9.17) is 0 Å². The Kier molecular flexibility index (Phi) is 4.56. The van der Waals surface area contributed by atoms with Crippen LogP contribution in [0.25, 0.3) is 0 Å². The summed E-state index contributed by atoms with van der Waals surface area (Å²) < 4.78 is 1.90. The van der Waals surface area contributed by atoms with Gasteiger partial charge in [0.25, 0.3) is 0 Å². The van der Waals surface area contributed by atoms with Gasteiger partial charge in [-0.25, -0.2) is 0 Å². The molecule has 1 heterocycles. The number of carboxylic acids is 1. The van der Waals surface area contributed by atoms with Gasteiger partial charge < -0.3 is 5.11 Å². The minimum absolute atomic E-state index is 0.337. The average Bonchev–Trinajstić information content (AvgIpc) is 2.93. The van der Waals surface area contributed by atoms with Crippen LogP contribution < -0.4 is 0 Å². The van der Waals surface area contributed by atoms with E-state index in [2.05, 4.69) is 18.9 Å². The number of benzene rings is 1. The molecule has 2 aromatic rings. The van der Waals surface area contributed by atoms with Gasteiger partial charge in [-0.15, -0.1) is 0 Å². The molecule has 2 unspecified atom stereocenters. The zero-order chi connectivity index (χ0) is 14.5. The maximum Gasteiger partial charge on any atom is 0.311 e. The van der Waals surface area contributed by atoms with E-state index in [0.717, 1.165) is 17.7 Å². The third kappa shape index (κ3) is 3.26. The summed E-state index contributed by atoms with van der Waals surface area (Å²) in [5.74, 6) is -1.36. The largest absolute Gasteiger partial charge is 0.481 e. The van der Waals surface area contributed by atoms with E-state index in [9.17, 15) is 9.90 Å². The number of rotatable bonds is 6. The van der Waals surface area contributed by atoms with Crippen LogP contribution in [0, 0.1) is 0 Å². The van der Waals surface area contributed by atoms with Gasteiger partial charge in [0.15, 0.2) is 0 Å². The number of nitrogens with zero attached hydrogens (tertiary/aromatic N) is 2. The molecule has 20 heavy (non-hydrogen) atoms. The Bertz CT molecular complexity index is 563. The van der Waals surface area contributed by atoms with Crippen molar-refractivity contribution in [3.05, 3.63) is 53.9 Å². The SMILES string of the molecule is CCC(C)n1ccc(CC(C(=O)O)c2ccccc2)n1. The zero-order valence-electron chi connectivity index (χ0n) is 11.9. The van der Waals surface area contributed by atoms with E-state index >= 15 is 0 Å². The molecule has 0 amide bonds. The fourth-order valence-corrected chi connectivity index (χ4v) is 2.16. The van der Waals surface area contributed by atoms with E-state index in [1.165, 1.54) is 0 Å². The summed E-state index contributed by atoms with van der Waals surface area (Å²) >= 11 is 0. The van der Waals surface area contributed by atoms with E-state index < -0.39 is 11.9 Å². The molecule has 0 aliphatic carbocycles. The topological polar surface area (TPSA) is 55.1 Å². The molecule has 0 aliphatic rings. The normalized spacial score (nSPS) is 13.9. The van der Waals surface area contributed by atoms with Gasteiger partial charge in [-0.2, -0.15) is 5.10 Å². The summed E-state index contributed by atoms with van der Waals surface area (Å²) in [5.41, 5.74) is 1.64. The maximum absolute atomic E-state index is 11.5. The van der Waals surface area contributed by atoms with Crippen molar-refractivity contribution in [1.29, 1.82) is 0 Å². The zero-order valence-corrected chi connectivity index (χ0v) is 11.9. The number of aliphatic carboxylic acids is 1. The van der Waals surface area contributed by atoms with Gasteiger partial charge in [0, 0.05) is 18.7 Å². The van der Waals surface area contributed by atoms with Crippen molar-refractivity contribution in [3.8, 4) is 0 Å². The van der Waals surface area contributed by atoms with Crippen molar-refractivity contribution in [1.82, 2.24) is 9.78 Å². The van der Waals surface area contributed by atoms with Gasteiger partial charge in [0.2, 0.25) is 0 Å². The number of aromatic nitrogens is 2. The van der Waals surface area contributed by atoms with E-state index in [1.807, 2.05) is 47.3 Å². The lowest BCUT2D eigenvalue weighted by Crippen LogP contribution is -2.15. The third-order valence-corrected chi connectivity index (χ3v) is 3.62. The molecule has 0 bridgehead atoms. The highest BCUT2D eigenvalue weighted by Crippen LogP contribution is 2.21. The lowest BCUT2D eigenvalue weighted by Gasteiger charge is -2.12. The Labute approximate surface area is 119 Å². The smallest absolute Gasteiger partial charge is 0.311 e. The Morgan fingerprint density at radius 2 is 2.00 bits per heavy atom. The predicted molar refractivity (Wildman–Crippen MR) is 77.8 cm³/mol. The molecule has 0 saturated heterocycles. The number of carbonyl (C=O) groups is 1. The number of carboxylic acid groups (broad SMARTS) is 1. The Morgan fingerprint density at radius 1 is 1.30 bits per heavy atom. The van der Waals surface area contributed by atoms with Gasteiger partial charge in [0.1, 0.15) is 0 Å². The molecule has 0 aliphatic heterocycles. The lowest BCUT2D eigenvalue weighted by molar-refractivity contribution is -0.138. The van der Waals surface area contributed by atoms with Crippen molar-refractivity contribution >= 4 is 5.97 Å². The van der Waals surface area contributed by atoms with E-state index in [0.29, 0.717) is 12.5 Å². The quantitative estimate of drug-likeness (QED) is 0.878. The highest BCUT2D eigenvalue weighted by Gasteiger charge is 2.21. The fraction of sp³-hybridized carbons (Fsp3) is 0.375. The first-order valence-corrected chi connectivity index (χ1v) is 6.93. The summed E-state index contributed by atoms with van der Waals surface area (Å²) in [5, 5.41) is 13.9. The van der Waals surface area contributed by atoms with Crippen LogP contribution in [0.4, 0.5) is 0 Å². The molecular weight excluding hydrogens is 252 g/mol. The Morgan fingerprint density at radius 3 is 2.60 bits per heavy atom. The Balaban J connectivity index is 2.17. The first-order chi connectivity index (χ1) is 9.61. The minimum atomic E-state index is -0.811. The lowest BCUT2D eigenvalue weighted by atomic mass is 9.94. The molecule has 0 fully saturated rings. The summed E-state index contributed by atoms with van der Waals surface area (Å²) in [4.78, 5) is 11.5. The second-order valence-electron chi connectivity index (χ2n) is 5.05. The van der Waals surface area contributed by atoms with E-state index in [-0.39, 0.29) is 0 Å². The van der Waals surface area contributed by atoms with Gasteiger partial charge in [-0.3, -0.25) is 9.48 Å². The molecule has 4 nitrogen and oxygen atoms in total. The van der Waals surface area contributed by atoms with Crippen LogP contribution in [0.1, 0.15) is 43.5 Å². The van der Waals surface area contributed by atoms with Gasteiger partial charge in [-0.05, 0) is 25.0 Å². The molecule has 4 heteroatoms. The Hall–Kier alpha value is -2.10. The van der Waals surface area contributed by atoms with Gasteiger partial charge in [-0.1, -0.05) is 37.3 Å². The van der Waals surface area contributed by atoms with Gasteiger partial charge >= 0.3 is 5.97 Å². The highest BCUT2D eigenvalue weighted by atomic mass is 16.4. The molecule has 0 spiro atoms. The standard InChI is InChI=1S/C16H20N2O2/c1-3-12(2)18-10-9-14(17-18)11-15(16(19)20)13-7-5-4-6-8-13/h4-10,12,15H,3,11H2,1-2H3,(H,19,20). The summed E-state index contributed by atoms with van der Waals surface area (Å²) in [6, 6.07) is 11.6. The molecule has 106 valence electrons. The van der Waals surface area contributed by atoms with Crippen LogP contribution in [-0.4, -0.2) is 20.9 Å². The molecule has 1 aromatic carbocycles. The fourth-order valence-electron chi connectivity index (χ4n) is 2.16. The van der Waals surface area contributed by atoms with E-state index in [1.54, 1.807) is 0 Å². The maximum atomic E-state index is 11.5. The second-order valence-corrected chi connectivity index (χ2v) is 5.05. The molecule has 0 saturated carbocycles. The summed E-state index contributed by atoms with van der Waals surface area (Å²) in [6.45, 7) is 4.21. The van der Waals surface area contributed by atoms with Crippen LogP contribution >= 0.6 is 0 Å². The number of hydrogen-bond donors (Lipinski definition) is 1.